The first-order valence-electron chi connectivity index (χ1n) is 5.38. The lowest BCUT2D eigenvalue weighted by molar-refractivity contribution is 0.0505. The van der Waals surface area contributed by atoms with Crippen molar-refractivity contribution in [1.82, 2.24) is 5.32 Å². The Kier molecular flexibility index (Phi) is 6.40. The van der Waals surface area contributed by atoms with Crippen LogP contribution in [-0.2, 0) is 9.84 Å². The third kappa shape index (κ3) is 10.2. The molecule has 0 heterocycles. The highest BCUT2D eigenvalue weighted by atomic mass is 32.2. The fourth-order valence-corrected chi connectivity index (χ4v) is 2.01. The number of hydrogen-bond acceptors (Lipinski definition) is 4. The molecule has 1 unspecified atom stereocenters. The smallest absolute Gasteiger partial charge is 0.147 e. The molecule has 0 aromatic carbocycles. The summed E-state index contributed by atoms with van der Waals surface area (Å²) in [6.07, 6.45) is 3.27. The second-order valence-corrected chi connectivity index (χ2v) is 6.67. The van der Waals surface area contributed by atoms with E-state index in [1.807, 2.05) is 0 Å². The van der Waals surface area contributed by atoms with Crippen molar-refractivity contribution >= 4 is 9.84 Å². The predicted molar refractivity (Wildman–Crippen MR) is 62.7 cm³/mol. The average molecular weight is 237 g/mol. The van der Waals surface area contributed by atoms with Crippen molar-refractivity contribution in [1.29, 1.82) is 0 Å². The second-order valence-electron chi connectivity index (χ2n) is 4.41. The lowest BCUT2D eigenvalue weighted by Gasteiger charge is -2.23. The van der Waals surface area contributed by atoms with Gasteiger partial charge in [-0.1, -0.05) is 6.92 Å². The van der Waals surface area contributed by atoms with Gasteiger partial charge in [-0.25, -0.2) is 8.42 Å². The number of rotatable bonds is 8. The highest BCUT2D eigenvalue weighted by Crippen LogP contribution is 2.11. The zero-order chi connectivity index (χ0) is 11.9. The second kappa shape index (κ2) is 6.45. The maximum Gasteiger partial charge on any atom is 0.147 e. The number of aliphatic hydroxyl groups is 1. The molecule has 0 saturated heterocycles. The molecule has 0 aromatic rings. The van der Waals surface area contributed by atoms with Crippen molar-refractivity contribution in [2.24, 2.45) is 0 Å². The maximum atomic E-state index is 10.9. The largest absolute Gasteiger partial charge is 0.389 e. The molecule has 4 nitrogen and oxygen atoms in total. The molecule has 0 bridgehead atoms. The van der Waals surface area contributed by atoms with Gasteiger partial charge in [0, 0.05) is 18.6 Å². The lowest BCUT2D eigenvalue weighted by Crippen LogP contribution is -2.38. The normalized spacial score (nSPS) is 16.3. The molecule has 0 spiro atoms. The summed E-state index contributed by atoms with van der Waals surface area (Å²) in [5.41, 5.74) is -0.806. The van der Waals surface area contributed by atoms with Gasteiger partial charge in [0.15, 0.2) is 0 Å². The van der Waals surface area contributed by atoms with Crippen molar-refractivity contribution in [2.45, 2.75) is 38.7 Å². The van der Waals surface area contributed by atoms with Crippen LogP contribution in [0.2, 0.25) is 0 Å². The molecule has 15 heavy (non-hydrogen) atoms. The number of nitrogens with one attached hydrogen (secondary N) is 1. The van der Waals surface area contributed by atoms with E-state index in [0.717, 1.165) is 13.0 Å². The predicted octanol–water partition coefficient (Wildman–Crippen LogP) is 0.562. The molecular formula is C10H23NO3S. The molecule has 0 aliphatic carbocycles. The third-order valence-corrected chi connectivity index (χ3v) is 3.19. The van der Waals surface area contributed by atoms with E-state index in [1.165, 1.54) is 6.26 Å². The SMILES string of the molecule is CCCNCC(C)(O)CCCS(C)(=O)=O. The van der Waals surface area contributed by atoms with E-state index in [-0.39, 0.29) is 5.75 Å². The topological polar surface area (TPSA) is 66.4 Å². The Morgan fingerprint density at radius 2 is 2.00 bits per heavy atom. The highest BCUT2D eigenvalue weighted by molar-refractivity contribution is 7.90. The molecule has 0 radical (unpaired) electrons. The van der Waals surface area contributed by atoms with Gasteiger partial charge in [-0.05, 0) is 32.7 Å². The lowest BCUT2D eigenvalue weighted by atomic mass is 10.0. The quantitative estimate of drug-likeness (QED) is 0.605. The van der Waals surface area contributed by atoms with Gasteiger partial charge in [0.05, 0.1) is 5.60 Å². The van der Waals surface area contributed by atoms with Crippen LogP contribution in [-0.4, -0.2) is 44.2 Å². The van der Waals surface area contributed by atoms with Crippen molar-refractivity contribution < 1.29 is 13.5 Å². The Balaban J connectivity index is 3.73. The summed E-state index contributed by atoms with van der Waals surface area (Å²) in [6, 6.07) is 0. The summed E-state index contributed by atoms with van der Waals surface area (Å²) in [5, 5.41) is 13.0. The standard InChI is InChI=1S/C10H23NO3S/c1-4-7-11-9-10(2,12)6-5-8-15(3,13)14/h11-12H,4-9H2,1-3H3. The Morgan fingerprint density at radius 1 is 1.40 bits per heavy atom. The highest BCUT2D eigenvalue weighted by Gasteiger charge is 2.19. The molecule has 2 N–H and O–H groups in total. The van der Waals surface area contributed by atoms with Crippen LogP contribution in [0.15, 0.2) is 0 Å². The summed E-state index contributed by atoms with van der Waals surface area (Å²) in [5.74, 6) is 0.150. The molecule has 0 amide bonds. The Hall–Kier alpha value is -0.130. The van der Waals surface area contributed by atoms with E-state index in [4.69, 9.17) is 0 Å². The fourth-order valence-electron chi connectivity index (χ4n) is 1.34. The molecule has 1 atom stereocenters. The zero-order valence-electron chi connectivity index (χ0n) is 9.91. The molecule has 0 fully saturated rings. The van der Waals surface area contributed by atoms with Crippen molar-refractivity contribution in [3.8, 4) is 0 Å². The molecule has 0 aliphatic rings. The number of sulfone groups is 1. The van der Waals surface area contributed by atoms with Gasteiger partial charge >= 0.3 is 0 Å². The van der Waals surface area contributed by atoms with Gasteiger partial charge in [0.2, 0.25) is 0 Å². The maximum absolute atomic E-state index is 10.9. The fraction of sp³-hybridized carbons (Fsp3) is 1.00. The van der Waals surface area contributed by atoms with Crippen LogP contribution in [0.25, 0.3) is 0 Å². The molecule has 0 aromatic heterocycles. The summed E-state index contributed by atoms with van der Waals surface area (Å²) >= 11 is 0. The molecule has 5 heteroatoms. The van der Waals surface area contributed by atoms with Gasteiger partial charge in [0.25, 0.3) is 0 Å². The van der Waals surface area contributed by atoms with Crippen LogP contribution in [0.4, 0.5) is 0 Å². The van der Waals surface area contributed by atoms with E-state index < -0.39 is 15.4 Å². The first kappa shape index (κ1) is 14.9. The summed E-state index contributed by atoms with van der Waals surface area (Å²) in [6.45, 7) is 5.19. The summed E-state index contributed by atoms with van der Waals surface area (Å²) < 4.78 is 21.8. The molecule has 0 rings (SSSR count). The van der Waals surface area contributed by atoms with E-state index in [9.17, 15) is 13.5 Å². The van der Waals surface area contributed by atoms with Gasteiger partial charge < -0.3 is 10.4 Å². The minimum atomic E-state index is -2.90. The van der Waals surface area contributed by atoms with E-state index in [0.29, 0.717) is 19.4 Å². The van der Waals surface area contributed by atoms with E-state index >= 15 is 0 Å². The molecule has 0 aliphatic heterocycles. The molecule has 92 valence electrons. The Morgan fingerprint density at radius 3 is 2.47 bits per heavy atom. The van der Waals surface area contributed by atoms with Crippen LogP contribution in [0.3, 0.4) is 0 Å². The third-order valence-electron chi connectivity index (χ3n) is 2.16. The average Bonchev–Trinajstić information content (AvgIpc) is 2.01. The summed E-state index contributed by atoms with van der Waals surface area (Å²) in [4.78, 5) is 0. The first-order valence-corrected chi connectivity index (χ1v) is 7.44. The van der Waals surface area contributed by atoms with Crippen molar-refractivity contribution in [3.63, 3.8) is 0 Å². The Labute approximate surface area is 93.0 Å². The summed E-state index contributed by atoms with van der Waals surface area (Å²) in [7, 11) is -2.90. The minimum absolute atomic E-state index is 0.150. The van der Waals surface area contributed by atoms with Crippen LogP contribution in [0.1, 0.15) is 33.1 Å². The van der Waals surface area contributed by atoms with Gasteiger partial charge in [0.1, 0.15) is 9.84 Å². The molecule has 0 saturated carbocycles. The van der Waals surface area contributed by atoms with Crippen LogP contribution in [0.5, 0.6) is 0 Å². The van der Waals surface area contributed by atoms with Crippen molar-refractivity contribution in [2.75, 3.05) is 25.1 Å². The van der Waals surface area contributed by atoms with Crippen LogP contribution < -0.4 is 5.32 Å². The van der Waals surface area contributed by atoms with E-state index in [2.05, 4.69) is 12.2 Å². The van der Waals surface area contributed by atoms with Gasteiger partial charge in [-0.15, -0.1) is 0 Å². The van der Waals surface area contributed by atoms with Gasteiger partial charge in [-0.2, -0.15) is 0 Å². The van der Waals surface area contributed by atoms with Crippen LogP contribution in [0, 0.1) is 0 Å². The number of hydrogen-bond donors (Lipinski definition) is 2. The van der Waals surface area contributed by atoms with E-state index in [1.54, 1.807) is 6.92 Å². The Bertz CT molecular complexity index is 260. The molecular weight excluding hydrogens is 214 g/mol. The minimum Gasteiger partial charge on any atom is -0.389 e. The first-order chi connectivity index (χ1) is 6.77. The van der Waals surface area contributed by atoms with Crippen molar-refractivity contribution in [3.05, 3.63) is 0 Å². The zero-order valence-corrected chi connectivity index (χ0v) is 10.7. The monoisotopic (exact) mass is 237 g/mol. The van der Waals surface area contributed by atoms with Crippen LogP contribution >= 0.6 is 0 Å². The van der Waals surface area contributed by atoms with Gasteiger partial charge in [-0.3, -0.25) is 0 Å².